The number of fused-ring (bicyclic) bond motifs is 3. The van der Waals surface area contributed by atoms with E-state index < -0.39 is 36.3 Å². The van der Waals surface area contributed by atoms with E-state index in [0.717, 1.165) is 27.9 Å². The molecule has 4 unspecified atom stereocenters. The molecule has 2 aromatic carbocycles. The highest BCUT2D eigenvalue weighted by molar-refractivity contribution is 6.08. The molecule has 220 valence electrons. The van der Waals surface area contributed by atoms with Gasteiger partial charge in [0.15, 0.2) is 17.9 Å². The number of halogens is 3. The van der Waals surface area contributed by atoms with Gasteiger partial charge in [-0.1, -0.05) is 39.0 Å². The summed E-state index contributed by atoms with van der Waals surface area (Å²) >= 11 is 0. The fourth-order valence-electron chi connectivity index (χ4n) is 5.11. The number of hydrogen-bond donors (Lipinski definition) is 6. The first kappa shape index (κ1) is 28.9. The van der Waals surface area contributed by atoms with Gasteiger partial charge < -0.3 is 41.6 Å². The number of rotatable bonds is 7. The highest BCUT2D eigenvalue weighted by Crippen LogP contribution is 2.37. The third-order valence-corrected chi connectivity index (χ3v) is 7.47. The number of aliphatic hydroxyl groups excluding tert-OH is 2. The first-order chi connectivity index (χ1) is 19.3. The van der Waals surface area contributed by atoms with Crippen molar-refractivity contribution in [1.29, 1.82) is 0 Å². The predicted molar refractivity (Wildman–Crippen MR) is 151 cm³/mol. The summed E-state index contributed by atoms with van der Waals surface area (Å²) in [5.41, 5.74) is 13.2. The van der Waals surface area contributed by atoms with E-state index in [1.165, 1.54) is 18.5 Å². The van der Waals surface area contributed by atoms with E-state index in [0.29, 0.717) is 18.6 Å². The zero-order valence-electron chi connectivity index (χ0n) is 22.9. The van der Waals surface area contributed by atoms with Gasteiger partial charge in [0.1, 0.15) is 30.3 Å². The lowest BCUT2D eigenvalue weighted by molar-refractivity contribution is -0.137. The molecule has 1 aliphatic rings. The van der Waals surface area contributed by atoms with Gasteiger partial charge in [-0.3, -0.25) is 0 Å². The maximum absolute atomic E-state index is 13.6. The molecule has 4 aromatic rings. The number of nitrogens with zero attached hydrogens (tertiary/aromatic N) is 3. The van der Waals surface area contributed by atoms with E-state index in [1.807, 2.05) is 22.8 Å². The Hall–Kier alpha value is -3.65. The Balaban J connectivity index is 1.33. The topological polar surface area (TPSA) is 156 Å². The van der Waals surface area contributed by atoms with E-state index >= 15 is 0 Å². The third kappa shape index (κ3) is 5.62. The molecule has 1 aliphatic heterocycles. The second-order valence-corrected chi connectivity index (χ2v) is 11.3. The number of nitrogens with two attached hydrogens (primary N) is 2. The molecular weight excluding hydrogens is 539 g/mol. The normalized spacial score (nSPS) is 21.7. The lowest BCUT2D eigenvalue weighted by Crippen LogP contribution is -2.39. The second-order valence-electron chi connectivity index (χ2n) is 11.3. The van der Waals surface area contributed by atoms with Gasteiger partial charge in [0.25, 0.3) is 0 Å². The number of anilines is 3. The van der Waals surface area contributed by atoms with Crippen LogP contribution >= 0.6 is 0 Å². The first-order valence-electron chi connectivity index (χ1n) is 13.2. The average Bonchev–Trinajstić information content (AvgIpc) is 3.36. The van der Waals surface area contributed by atoms with Crippen molar-refractivity contribution >= 4 is 39.1 Å². The van der Waals surface area contributed by atoms with Crippen LogP contribution in [-0.4, -0.2) is 62.4 Å². The van der Waals surface area contributed by atoms with Gasteiger partial charge in [-0.25, -0.2) is 9.97 Å². The summed E-state index contributed by atoms with van der Waals surface area (Å²) < 4.78 is 48.4. The Morgan fingerprint density at radius 2 is 1.59 bits per heavy atom. The van der Waals surface area contributed by atoms with Gasteiger partial charge in [-0.2, -0.15) is 13.2 Å². The van der Waals surface area contributed by atoms with Gasteiger partial charge in [0.2, 0.25) is 0 Å². The monoisotopic (exact) mass is 573 g/mol. The van der Waals surface area contributed by atoms with Crippen LogP contribution in [0.1, 0.15) is 31.9 Å². The Morgan fingerprint density at radius 3 is 2.22 bits per heavy atom. The van der Waals surface area contributed by atoms with Crippen molar-refractivity contribution in [1.82, 2.24) is 19.9 Å². The van der Waals surface area contributed by atoms with Crippen LogP contribution in [0, 0.1) is 0 Å². The predicted octanol–water partition coefficient (Wildman–Crippen LogP) is 3.21. The lowest BCUT2D eigenvalue weighted by atomic mass is 9.86. The molecule has 0 amide bonds. The van der Waals surface area contributed by atoms with Crippen molar-refractivity contribution in [2.24, 2.45) is 0 Å². The van der Waals surface area contributed by atoms with Crippen LogP contribution in [0.4, 0.5) is 30.5 Å². The number of aromatic nitrogens is 3. The van der Waals surface area contributed by atoms with Gasteiger partial charge in [0.05, 0.1) is 5.56 Å². The van der Waals surface area contributed by atoms with Crippen LogP contribution in [0.5, 0.6) is 0 Å². The summed E-state index contributed by atoms with van der Waals surface area (Å²) in [5, 5.41) is 28.7. The third-order valence-electron chi connectivity index (χ3n) is 7.47. The van der Waals surface area contributed by atoms with Gasteiger partial charge in [-0.05, 0) is 29.2 Å². The van der Waals surface area contributed by atoms with Gasteiger partial charge >= 0.3 is 6.18 Å². The van der Waals surface area contributed by atoms with Crippen molar-refractivity contribution in [2.75, 3.05) is 29.9 Å². The quantitative estimate of drug-likeness (QED) is 0.183. The molecular formula is C28H34F3N7O3. The molecule has 13 heteroatoms. The van der Waals surface area contributed by atoms with Crippen LogP contribution in [0.15, 0.2) is 42.7 Å². The largest absolute Gasteiger partial charge is 0.416 e. The molecule has 0 spiro atoms. The van der Waals surface area contributed by atoms with Gasteiger partial charge in [-0.15, -0.1) is 0 Å². The van der Waals surface area contributed by atoms with E-state index in [4.69, 9.17) is 16.2 Å². The SMILES string of the molecule is CC(C)(C)c1ccc2c3ccc(C(F)(F)F)cc3n(CCNCC3OC(Nc4ncnc(N)c4N)C(O)C3O)c2c1. The molecule has 0 bridgehead atoms. The standard InChI is InChI=1S/C28H34F3N7O3/c1-27(2,3)14-4-6-16-17-7-5-15(28(29,30)31)11-19(17)38(18(16)10-14)9-8-34-12-20-22(39)23(40)26(41-20)37-25-21(32)24(33)35-13-36-25/h4-7,10-11,13,20,22-23,26,34,39-40H,8-9,12,32H2,1-3H3,(H3,33,35,36,37). The number of nitrogens with one attached hydrogen (secondary N) is 2. The summed E-state index contributed by atoms with van der Waals surface area (Å²) in [6, 6.07) is 9.83. The number of benzene rings is 2. The van der Waals surface area contributed by atoms with E-state index in [2.05, 4.69) is 41.4 Å². The number of alkyl halides is 3. The molecule has 3 heterocycles. The molecule has 4 atom stereocenters. The molecule has 0 radical (unpaired) electrons. The fraction of sp³-hybridized carbons (Fsp3) is 0.429. The number of hydrogen-bond acceptors (Lipinski definition) is 9. The van der Waals surface area contributed by atoms with Crippen molar-refractivity contribution < 1.29 is 28.1 Å². The molecule has 2 aromatic heterocycles. The summed E-state index contributed by atoms with van der Waals surface area (Å²) in [6.07, 6.45) is -7.51. The van der Waals surface area contributed by atoms with Crippen LogP contribution in [0.3, 0.4) is 0 Å². The highest BCUT2D eigenvalue weighted by atomic mass is 19.4. The number of ether oxygens (including phenoxy) is 1. The van der Waals surface area contributed by atoms with E-state index in [-0.39, 0.29) is 29.3 Å². The number of aliphatic hydroxyl groups is 2. The molecule has 0 aliphatic carbocycles. The van der Waals surface area contributed by atoms with Crippen molar-refractivity contribution in [3.05, 3.63) is 53.9 Å². The maximum Gasteiger partial charge on any atom is 0.416 e. The molecule has 1 fully saturated rings. The average molecular weight is 574 g/mol. The zero-order chi connectivity index (χ0) is 29.7. The van der Waals surface area contributed by atoms with Crippen LogP contribution in [0.25, 0.3) is 21.8 Å². The summed E-state index contributed by atoms with van der Waals surface area (Å²) in [5.74, 6) is 0.234. The second kappa shape index (κ2) is 10.6. The van der Waals surface area contributed by atoms with E-state index in [1.54, 1.807) is 0 Å². The maximum atomic E-state index is 13.6. The van der Waals surface area contributed by atoms with Crippen molar-refractivity contribution in [3.8, 4) is 0 Å². The van der Waals surface area contributed by atoms with Crippen LogP contribution < -0.4 is 22.1 Å². The molecule has 1 saturated heterocycles. The Bertz CT molecular complexity index is 1500. The fourth-order valence-corrected chi connectivity index (χ4v) is 5.11. The van der Waals surface area contributed by atoms with Crippen molar-refractivity contribution in [3.63, 3.8) is 0 Å². The van der Waals surface area contributed by atoms with Crippen molar-refractivity contribution in [2.45, 2.75) is 63.4 Å². The summed E-state index contributed by atoms with van der Waals surface area (Å²) in [4.78, 5) is 7.78. The minimum Gasteiger partial charge on any atom is -0.393 e. The van der Waals surface area contributed by atoms with Crippen LogP contribution in [0.2, 0.25) is 0 Å². The minimum absolute atomic E-state index is 0.0655. The van der Waals surface area contributed by atoms with Crippen LogP contribution in [-0.2, 0) is 22.9 Å². The highest BCUT2D eigenvalue weighted by Gasteiger charge is 2.43. The molecule has 0 saturated carbocycles. The zero-order valence-corrected chi connectivity index (χ0v) is 22.9. The number of nitrogen functional groups attached to an aromatic ring is 2. The Labute approximate surface area is 234 Å². The minimum atomic E-state index is -4.46. The lowest BCUT2D eigenvalue weighted by Gasteiger charge is -2.20. The molecule has 8 N–H and O–H groups in total. The van der Waals surface area contributed by atoms with Gasteiger partial charge in [0, 0.05) is 41.4 Å². The smallest absolute Gasteiger partial charge is 0.393 e. The first-order valence-corrected chi connectivity index (χ1v) is 13.2. The summed E-state index contributed by atoms with van der Waals surface area (Å²) in [6.45, 7) is 7.16. The Kier molecular flexibility index (Phi) is 7.49. The molecule has 5 rings (SSSR count). The molecule has 10 nitrogen and oxygen atoms in total. The van der Waals surface area contributed by atoms with E-state index in [9.17, 15) is 23.4 Å². The molecule has 41 heavy (non-hydrogen) atoms. The summed E-state index contributed by atoms with van der Waals surface area (Å²) in [7, 11) is 0. The Morgan fingerprint density at radius 1 is 0.951 bits per heavy atom.